The highest BCUT2D eigenvalue weighted by Gasteiger charge is 2.43. The molecule has 0 saturated carbocycles. The van der Waals surface area contributed by atoms with Crippen molar-refractivity contribution in [1.82, 2.24) is 20.1 Å². The van der Waals surface area contributed by atoms with Crippen LogP contribution in [0.5, 0.6) is 0 Å². The van der Waals surface area contributed by atoms with Crippen LogP contribution in [-0.2, 0) is 6.54 Å². The lowest BCUT2D eigenvalue weighted by molar-refractivity contribution is 0.101. The highest BCUT2D eigenvalue weighted by Crippen LogP contribution is 2.40. The predicted octanol–water partition coefficient (Wildman–Crippen LogP) is 2.94. The number of nitrogens with zero attached hydrogens (tertiary/aromatic N) is 6. The van der Waals surface area contributed by atoms with E-state index in [1.807, 2.05) is 18.3 Å². The Morgan fingerprint density at radius 1 is 1.12 bits per heavy atom. The van der Waals surface area contributed by atoms with Crippen LogP contribution in [0.25, 0.3) is 0 Å². The second-order valence-electron chi connectivity index (χ2n) is 7.77. The molecule has 2 fully saturated rings. The molecule has 0 N–H and O–H groups in total. The Balaban J connectivity index is 1.42. The lowest BCUT2D eigenvalue weighted by atomic mass is 9.85. The fourth-order valence-electron chi connectivity index (χ4n) is 4.28. The van der Waals surface area contributed by atoms with Gasteiger partial charge >= 0.3 is 0 Å². The maximum Gasteiger partial charge on any atom is 0.185 e. The van der Waals surface area contributed by atoms with Gasteiger partial charge in [-0.15, -0.1) is 16.4 Å². The normalized spacial score (nSPS) is 20.0. The second kappa shape index (κ2) is 7.12. The van der Waals surface area contributed by atoms with Crippen molar-refractivity contribution < 1.29 is 0 Å². The number of aryl methyl sites for hydroxylation is 1. The molecular weight excluding hydrogens is 344 g/mol. The van der Waals surface area contributed by atoms with E-state index in [2.05, 4.69) is 62.3 Å². The number of thiazole rings is 1. The number of aromatic nitrogens is 3. The minimum absolute atomic E-state index is 0.358. The lowest BCUT2D eigenvalue weighted by Crippen LogP contribution is -2.52. The van der Waals surface area contributed by atoms with Crippen LogP contribution in [0.15, 0.2) is 18.3 Å². The molecule has 140 valence electrons. The monoisotopic (exact) mass is 372 g/mol. The molecule has 2 aliphatic heterocycles. The Morgan fingerprint density at radius 2 is 1.92 bits per heavy atom. The van der Waals surface area contributed by atoms with E-state index in [1.165, 1.54) is 37.1 Å². The van der Waals surface area contributed by atoms with Gasteiger partial charge in [0.05, 0.1) is 5.69 Å². The van der Waals surface area contributed by atoms with E-state index in [-0.39, 0.29) is 0 Å². The molecule has 0 aromatic carbocycles. The van der Waals surface area contributed by atoms with Gasteiger partial charge in [-0.05, 0) is 51.3 Å². The van der Waals surface area contributed by atoms with Crippen LogP contribution >= 0.6 is 11.3 Å². The molecule has 2 aromatic rings. The van der Waals surface area contributed by atoms with E-state index in [0.29, 0.717) is 5.54 Å². The minimum atomic E-state index is 0.358. The number of hydrogen-bond donors (Lipinski definition) is 0. The summed E-state index contributed by atoms with van der Waals surface area (Å²) >= 11 is 1.82. The van der Waals surface area contributed by atoms with E-state index in [0.717, 1.165) is 36.3 Å². The topological polar surface area (TPSA) is 48.4 Å². The largest absolute Gasteiger partial charge is 0.355 e. The van der Waals surface area contributed by atoms with Crippen LogP contribution in [0.3, 0.4) is 0 Å². The second-order valence-corrected chi connectivity index (χ2v) is 8.87. The maximum atomic E-state index is 4.54. The van der Waals surface area contributed by atoms with Crippen LogP contribution in [0.2, 0.25) is 0 Å². The molecule has 0 amide bonds. The molecule has 4 rings (SSSR count). The number of likely N-dealkylation sites (tertiary alicyclic amines) is 1. The smallest absolute Gasteiger partial charge is 0.185 e. The molecule has 1 spiro atoms. The van der Waals surface area contributed by atoms with Crippen molar-refractivity contribution in [1.29, 1.82) is 0 Å². The third-order valence-electron chi connectivity index (χ3n) is 5.81. The highest BCUT2D eigenvalue weighted by molar-refractivity contribution is 7.15. The SMILES string of the molecule is Cc1ccc(N2CCC3(CCCN3Cc3cnc(N(C)C)s3)CC2)nn1. The Morgan fingerprint density at radius 3 is 2.58 bits per heavy atom. The molecule has 0 bridgehead atoms. The lowest BCUT2D eigenvalue weighted by Gasteiger charge is -2.45. The molecule has 2 aromatic heterocycles. The van der Waals surface area contributed by atoms with Crippen molar-refractivity contribution in [2.75, 3.05) is 43.5 Å². The molecule has 0 aliphatic carbocycles. The van der Waals surface area contributed by atoms with E-state index in [4.69, 9.17) is 0 Å². The van der Waals surface area contributed by atoms with Crippen LogP contribution in [0, 0.1) is 6.92 Å². The van der Waals surface area contributed by atoms with Crippen LogP contribution in [0.1, 0.15) is 36.3 Å². The zero-order chi connectivity index (χ0) is 18.1. The first-order valence-electron chi connectivity index (χ1n) is 9.48. The Kier molecular flexibility index (Phi) is 4.84. The number of rotatable bonds is 4. The molecule has 0 radical (unpaired) electrons. The minimum Gasteiger partial charge on any atom is -0.355 e. The van der Waals surface area contributed by atoms with E-state index in [9.17, 15) is 0 Å². The quantitative estimate of drug-likeness (QED) is 0.822. The fraction of sp³-hybridized carbons (Fsp3) is 0.632. The van der Waals surface area contributed by atoms with Gasteiger partial charge in [0.15, 0.2) is 10.9 Å². The van der Waals surface area contributed by atoms with E-state index >= 15 is 0 Å². The van der Waals surface area contributed by atoms with Gasteiger partial charge in [-0.25, -0.2) is 4.98 Å². The number of anilines is 2. The number of hydrogen-bond acceptors (Lipinski definition) is 7. The molecule has 4 heterocycles. The van der Waals surface area contributed by atoms with Crippen LogP contribution in [0.4, 0.5) is 10.9 Å². The van der Waals surface area contributed by atoms with Gasteiger partial charge in [0.2, 0.25) is 0 Å². The highest BCUT2D eigenvalue weighted by atomic mass is 32.1. The first kappa shape index (κ1) is 17.7. The summed E-state index contributed by atoms with van der Waals surface area (Å²) in [5, 5.41) is 9.69. The molecule has 6 nitrogen and oxygen atoms in total. The standard InChI is InChI=1S/C19H28N6S/c1-15-5-6-17(22-21-15)24-11-8-19(9-12-24)7-4-10-25(19)14-16-13-20-18(26-16)23(2)3/h5-6,13H,4,7-12,14H2,1-3H3. The van der Waals surface area contributed by atoms with Crippen molar-refractivity contribution in [3.8, 4) is 0 Å². The molecule has 2 saturated heterocycles. The van der Waals surface area contributed by atoms with Gasteiger partial charge in [-0.2, -0.15) is 5.10 Å². The van der Waals surface area contributed by atoms with Crippen molar-refractivity contribution in [2.24, 2.45) is 0 Å². The Bertz CT molecular complexity index is 733. The first-order chi connectivity index (χ1) is 12.6. The third kappa shape index (κ3) is 3.42. The van der Waals surface area contributed by atoms with Gasteiger partial charge in [0.25, 0.3) is 0 Å². The number of piperidine rings is 1. The summed E-state index contributed by atoms with van der Waals surface area (Å²) in [7, 11) is 4.12. The summed E-state index contributed by atoms with van der Waals surface area (Å²) in [6.45, 7) is 6.37. The summed E-state index contributed by atoms with van der Waals surface area (Å²) in [5.41, 5.74) is 1.34. The van der Waals surface area contributed by atoms with Crippen molar-refractivity contribution in [3.05, 3.63) is 28.9 Å². The first-order valence-corrected chi connectivity index (χ1v) is 10.3. The molecule has 0 unspecified atom stereocenters. The average Bonchev–Trinajstić information content (AvgIpc) is 3.25. The van der Waals surface area contributed by atoms with Crippen LogP contribution in [-0.4, -0.2) is 59.3 Å². The summed E-state index contributed by atoms with van der Waals surface area (Å²) < 4.78 is 0. The van der Waals surface area contributed by atoms with E-state index in [1.54, 1.807) is 0 Å². The van der Waals surface area contributed by atoms with Crippen molar-refractivity contribution in [2.45, 2.75) is 44.7 Å². The van der Waals surface area contributed by atoms with Gasteiger partial charge in [-0.1, -0.05) is 0 Å². The molecule has 7 heteroatoms. The van der Waals surface area contributed by atoms with Gasteiger partial charge in [0, 0.05) is 50.3 Å². The van der Waals surface area contributed by atoms with Gasteiger partial charge in [-0.3, -0.25) is 4.90 Å². The van der Waals surface area contributed by atoms with Gasteiger partial charge in [0.1, 0.15) is 0 Å². The Labute approximate surface area is 159 Å². The van der Waals surface area contributed by atoms with Crippen molar-refractivity contribution in [3.63, 3.8) is 0 Å². The molecule has 0 atom stereocenters. The zero-order valence-electron chi connectivity index (χ0n) is 16.0. The summed E-state index contributed by atoms with van der Waals surface area (Å²) in [4.78, 5) is 13.1. The fourth-order valence-corrected chi connectivity index (χ4v) is 5.13. The molecular formula is C19H28N6S. The van der Waals surface area contributed by atoms with Gasteiger partial charge < -0.3 is 9.80 Å². The summed E-state index contributed by atoms with van der Waals surface area (Å²) in [5.74, 6) is 1.02. The zero-order valence-corrected chi connectivity index (χ0v) is 16.8. The molecule has 26 heavy (non-hydrogen) atoms. The maximum absolute atomic E-state index is 4.54. The third-order valence-corrected chi connectivity index (χ3v) is 6.96. The Hall–Kier alpha value is -1.73. The predicted molar refractivity (Wildman–Crippen MR) is 107 cm³/mol. The van der Waals surface area contributed by atoms with E-state index < -0.39 is 0 Å². The average molecular weight is 373 g/mol. The molecule has 2 aliphatic rings. The summed E-state index contributed by atoms with van der Waals surface area (Å²) in [6.07, 6.45) is 7.11. The van der Waals surface area contributed by atoms with Crippen molar-refractivity contribution >= 4 is 22.3 Å². The van der Waals surface area contributed by atoms with Crippen LogP contribution < -0.4 is 9.80 Å². The summed E-state index contributed by atoms with van der Waals surface area (Å²) in [6, 6.07) is 4.16.